The molecule has 210 valence electrons. The number of amides is 2. The summed E-state index contributed by atoms with van der Waals surface area (Å²) in [5.74, 6) is 2.46. The van der Waals surface area contributed by atoms with E-state index in [1.165, 1.54) is 32.1 Å². The van der Waals surface area contributed by atoms with Crippen LogP contribution in [0.5, 0.6) is 0 Å². The molecule has 1 spiro atoms. The van der Waals surface area contributed by atoms with Gasteiger partial charge in [0.1, 0.15) is 6.04 Å². The monoisotopic (exact) mass is 549 g/mol. The second kappa shape index (κ2) is 12.4. The van der Waals surface area contributed by atoms with E-state index in [1.54, 1.807) is 0 Å². The van der Waals surface area contributed by atoms with Crippen LogP contribution in [0.4, 0.5) is 0 Å². The molecule has 3 aliphatic rings. The summed E-state index contributed by atoms with van der Waals surface area (Å²) in [6, 6.07) is 15.0. The van der Waals surface area contributed by atoms with Gasteiger partial charge in [-0.15, -0.1) is 0 Å². The molecule has 6 heteroatoms. The first-order valence-electron chi connectivity index (χ1n) is 15.0. The van der Waals surface area contributed by atoms with Gasteiger partial charge in [0.15, 0.2) is 0 Å². The third-order valence-electron chi connectivity index (χ3n) is 10.1. The minimum absolute atomic E-state index is 0.0433. The normalized spacial score (nSPS) is 24.8. The Balaban J connectivity index is 1.25. The van der Waals surface area contributed by atoms with Crippen LogP contribution in [0.15, 0.2) is 48.5 Å². The van der Waals surface area contributed by atoms with Gasteiger partial charge in [0, 0.05) is 37.5 Å². The summed E-state index contributed by atoms with van der Waals surface area (Å²) >= 11 is 6.11. The first-order valence-corrected chi connectivity index (χ1v) is 15.4. The number of halogens is 1. The zero-order valence-corrected chi connectivity index (χ0v) is 24.1. The maximum atomic E-state index is 13.9. The van der Waals surface area contributed by atoms with E-state index in [2.05, 4.69) is 12.2 Å². The largest absolute Gasteiger partial charge is 0.344 e. The Bertz CT molecular complexity index is 1140. The van der Waals surface area contributed by atoms with Crippen LogP contribution in [-0.2, 0) is 29.0 Å². The highest BCUT2D eigenvalue weighted by Gasteiger charge is 2.53. The number of benzene rings is 2. The average molecular weight is 550 g/mol. The molecule has 5 nitrogen and oxygen atoms in total. The third kappa shape index (κ3) is 6.36. The number of carbonyl (C=O) groups excluding carboxylic acids is 2. The van der Waals surface area contributed by atoms with E-state index < -0.39 is 6.04 Å². The minimum Gasteiger partial charge on any atom is -0.344 e. The van der Waals surface area contributed by atoms with Crippen LogP contribution in [0.2, 0.25) is 5.02 Å². The first kappa shape index (κ1) is 28.2. The van der Waals surface area contributed by atoms with Crippen molar-refractivity contribution in [1.29, 1.82) is 0 Å². The highest BCUT2D eigenvalue weighted by Crippen LogP contribution is 2.60. The smallest absolute Gasteiger partial charge is 0.245 e. The van der Waals surface area contributed by atoms with Crippen LogP contribution in [-0.4, -0.2) is 35.8 Å². The average Bonchev–Trinajstić information content (AvgIpc) is 3.23. The molecule has 4 atom stereocenters. The molecule has 1 heterocycles. The van der Waals surface area contributed by atoms with Crippen LogP contribution >= 0.6 is 11.6 Å². The van der Waals surface area contributed by atoms with E-state index in [1.807, 2.05) is 53.4 Å². The maximum Gasteiger partial charge on any atom is 0.245 e. The van der Waals surface area contributed by atoms with Gasteiger partial charge in [0.05, 0.1) is 0 Å². The molecule has 2 aliphatic carbocycles. The van der Waals surface area contributed by atoms with Gasteiger partial charge in [-0.1, -0.05) is 67.8 Å². The summed E-state index contributed by atoms with van der Waals surface area (Å²) in [5.41, 5.74) is 9.43. The maximum absolute atomic E-state index is 13.9. The number of fused-ring (bicyclic) bond motifs is 2. The van der Waals surface area contributed by atoms with Crippen molar-refractivity contribution in [2.75, 3.05) is 13.1 Å². The summed E-state index contributed by atoms with van der Waals surface area (Å²) in [6.07, 6.45) is 10.4. The van der Waals surface area contributed by atoms with Gasteiger partial charge < -0.3 is 16.0 Å². The number of nitrogens with zero attached hydrogens (tertiary/aromatic N) is 1. The van der Waals surface area contributed by atoms with Crippen molar-refractivity contribution in [3.63, 3.8) is 0 Å². The molecule has 0 aromatic heterocycles. The molecular formula is C33H44ClN3O2. The van der Waals surface area contributed by atoms with E-state index in [4.69, 9.17) is 17.3 Å². The number of rotatable bonds is 8. The number of hydrogen-bond donors (Lipinski definition) is 2. The van der Waals surface area contributed by atoms with E-state index in [9.17, 15) is 9.59 Å². The van der Waals surface area contributed by atoms with E-state index in [0.717, 1.165) is 60.4 Å². The lowest BCUT2D eigenvalue weighted by Gasteiger charge is -2.46. The van der Waals surface area contributed by atoms with Gasteiger partial charge in [-0.2, -0.15) is 0 Å². The highest BCUT2D eigenvalue weighted by molar-refractivity contribution is 6.30. The Morgan fingerprint density at radius 3 is 2.46 bits per heavy atom. The molecule has 39 heavy (non-hydrogen) atoms. The Morgan fingerprint density at radius 2 is 1.74 bits per heavy atom. The SMILES string of the molecule is CC1CC2(CCN(C(=O)C(Cc3ccc(Cl)cc3)NC(=O)CCc3ccccc3CN)CC2)C2CCCCC12. The van der Waals surface area contributed by atoms with Gasteiger partial charge >= 0.3 is 0 Å². The van der Waals surface area contributed by atoms with Crippen molar-refractivity contribution in [3.8, 4) is 0 Å². The number of nitrogens with one attached hydrogen (secondary N) is 1. The molecule has 2 aromatic carbocycles. The van der Waals surface area contributed by atoms with Crippen molar-refractivity contribution in [3.05, 3.63) is 70.2 Å². The van der Waals surface area contributed by atoms with Gasteiger partial charge in [-0.3, -0.25) is 9.59 Å². The van der Waals surface area contributed by atoms with Crippen molar-refractivity contribution in [1.82, 2.24) is 10.2 Å². The third-order valence-corrected chi connectivity index (χ3v) is 10.3. The lowest BCUT2D eigenvalue weighted by Crippen LogP contribution is -2.53. The van der Waals surface area contributed by atoms with Gasteiger partial charge in [0.2, 0.25) is 11.8 Å². The van der Waals surface area contributed by atoms with Crippen LogP contribution in [0.25, 0.3) is 0 Å². The molecular weight excluding hydrogens is 506 g/mol. The summed E-state index contributed by atoms with van der Waals surface area (Å²) in [5, 5.41) is 3.77. The first-order chi connectivity index (χ1) is 18.9. The fourth-order valence-corrected chi connectivity index (χ4v) is 8.21. The molecule has 5 rings (SSSR count). The molecule has 1 saturated heterocycles. The molecule has 0 bridgehead atoms. The number of piperidine rings is 1. The number of likely N-dealkylation sites (tertiary alicyclic amines) is 1. The molecule has 2 saturated carbocycles. The van der Waals surface area contributed by atoms with Crippen molar-refractivity contribution in [2.24, 2.45) is 28.9 Å². The quantitative estimate of drug-likeness (QED) is 0.429. The van der Waals surface area contributed by atoms with Crippen molar-refractivity contribution >= 4 is 23.4 Å². The van der Waals surface area contributed by atoms with Crippen LogP contribution in [0, 0.1) is 23.2 Å². The van der Waals surface area contributed by atoms with E-state index in [0.29, 0.717) is 36.2 Å². The summed E-state index contributed by atoms with van der Waals surface area (Å²) in [7, 11) is 0. The van der Waals surface area contributed by atoms with Gasteiger partial charge in [-0.05, 0) is 90.5 Å². The second-order valence-electron chi connectivity index (χ2n) is 12.3. The lowest BCUT2D eigenvalue weighted by molar-refractivity contribution is -0.139. The standard InChI is InChI=1S/C33H44ClN3O2/c1-23-21-33(29-9-5-4-8-28(23)29)16-18-37(19-17-33)32(39)30(20-24-10-13-27(34)14-11-24)36-31(38)15-12-25-6-2-3-7-26(25)22-35/h2-3,6-7,10-11,13-14,23,28-30H,4-5,8-9,12,15-22,35H2,1H3,(H,36,38). The summed E-state index contributed by atoms with van der Waals surface area (Å²) in [4.78, 5) is 29.0. The molecule has 3 fully saturated rings. The van der Waals surface area contributed by atoms with Crippen LogP contribution in [0.1, 0.15) is 75.0 Å². The molecule has 4 unspecified atom stereocenters. The Labute approximate surface area is 238 Å². The zero-order valence-electron chi connectivity index (χ0n) is 23.3. The predicted molar refractivity (Wildman–Crippen MR) is 157 cm³/mol. The Hall–Kier alpha value is -2.37. The zero-order chi connectivity index (χ0) is 27.4. The van der Waals surface area contributed by atoms with Crippen molar-refractivity contribution < 1.29 is 9.59 Å². The van der Waals surface area contributed by atoms with Crippen LogP contribution in [0.3, 0.4) is 0 Å². The molecule has 2 amide bonds. The van der Waals surface area contributed by atoms with Gasteiger partial charge in [-0.25, -0.2) is 0 Å². The second-order valence-corrected chi connectivity index (χ2v) is 12.8. The molecule has 0 radical (unpaired) electrons. The summed E-state index contributed by atoms with van der Waals surface area (Å²) < 4.78 is 0. The number of carbonyl (C=O) groups is 2. The lowest BCUT2D eigenvalue weighted by atomic mass is 9.65. The van der Waals surface area contributed by atoms with Crippen LogP contribution < -0.4 is 11.1 Å². The predicted octanol–water partition coefficient (Wildman–Crippen LogP) is 5.91. The van der Waals surface area contributed by atoms with E-state index in [-0.39, 0.29) is 11.8 Å². The fraction of sp³-hybridized carbons (Fsp3) is 0.576. The molecule has 1 aliphatic heterocycles. The summed E-state index contributed by atoms with van der Waals surface area (Å²) in [6.45, 7) is 4.50. The van der Waals surface area contributed by atoms with E-state index >= 15 is 0 Å². The molecule has 3 N–H and O–H groups in total. The topological polar surface area (TPSA) is 75.4 Å². The number of hydrogen-bond acceptors (Lipinski definition) is 3. The van der Waals surface area contributed by atoms with Gasteiger partial charge in [0.25, 0.3) is 0 Å². The van der Waals surface area contributed by atoms with Crippen molar-refractivity contribution in [2.45, 2.75) is 83.7 Å². The minimum atomic E-state index is -0.581. The Morgan fingerprint density at radius 1 is 1.05 bits per heavy atom. The number of aryl methyl sites for hydroxylation is 1. The highest BCUT2D eigenvalue weighted by atomic mass is 35.5. The molecule has 2 aromatic rings. The Kier molecular flexibility index (Phi) is 8.98. The number of nitrogens with two attached hydrogens (primary N) is 1. The fourth-order valence-electron chi connectivity index (χ4n) is 8.08.